The molecule has 0 radical (unpaired) electrons. The second-order valence-corrected chi connectivity index (χ2v) is 5.42. The maximum atomic E-state index is 10.9. The fourth-order valence-electron chi connectivity index (χ4n) is 2.40. The summed E-state index contributed by atoms with van der Waals surface area (Å²) in [5.74, 6) is 1.76. The van der Waals surface area contributed by atoms with Crippen LogP contribution in [-0.4, -0.2) is 20.2 Å². The number of rotatable bonds is 5. The van der Waals surface area contributed by atoms with Gasteiger partial charge in [-0.05, 0) is 30.3 Å². The molecular weight excluding hydrogens is 320 g/mol. The highest BCUT2D eigenvalue weighted by molar-refractivity contribution is 6.30. The van der Waals surface area contributed by atoms with Gasteiger partial charge >= 0.3 is 0 Å². The molecular formula is C17H15ClO5. The summed E-state index contributed by atoms with van der Waals surface area (Å²) in [5.41, 5.74) is 2.21. The number of hydrogen-bond acceptors (Lipinski definition) is 5. The number of benzene rings is 2. The van der Waals surface area contributed by atoms with Crippen LogP contribution in [0.4, 0.5) is 0 Å². The summed E-state index contributed by atoms with van der Waals surface area (Å²) in [6, 6.07) is 8.60. The van der Waals surface area contributed by atoms with Crippen LogP contribution in [0.5, 0.6) is 17.2 Å². The number of hydrogen-bond donors (Lipinski definition) is 0. The zero-order valence-corrected chi connectivity index (χ0v) is 13.3. The average molecular weight is 335 g/mol. The second kappa shape index (κ2) is 6.89. The van der Waals surface area contributed by atoms with Gasteiger partial charge in [-0.25, -0.2) is 0 Å². The Morgan fingerprint density at radius 2 is 2.13 bits per heavy atom. The highest BCUT2D eigenvalue weighted by atomic mass is 35.5. The van der Waals surface area contributed by atoms with Crippen LogP contribution in [-0.2, 0) is 18.0 Å². The number of fused-ring (bicyclic) bond motifs is 1. The van der Waals surface area contributed by atoms with Crippen molar-refractivity contribution in [3.05, 3.63) is 52.0 Å². The normalized spacial score (nSPS) is 13.0. The van der Waals surface area contributed by atoms with Gasteiger partial charge in [-0.15, -0.1) is 0 Å². The Morgan fingerprint density at radius 1 is 1.26 bits per heavy atom. The van der Waals surface area contributed by atoms with Gasteiger partial charge in [0.25, 0.3) is 0 Å². The molecule has 0 saturated carbocycles. The van der Waals surface area contributed by atoms with E-state index in [-0.39, 0.29) is 13.4 Å². The van der Waals surface area contributed by atoms with Crippen LogP contribution in [0.25, 0.3) is 0 Å². The lowest BCUT2D eigenvalue weighted by atomic mass is 10.1. The predicted molar refractivity (Wildman–Crippen MR) is 84.4 cm³/mol. The quantitative estimate of drug-likeness (QED) is 0.782. The summed E-state index contributed by atoms with van der Waals surface area (Å²) in [6.45, 7) is 0.889. The van der Waals surface area contributed by atoms with Crippen molar-refractivity contribution in [1.82, 2.24) is 0 Å². The lowest BCUT2D eigenvalue weighted by Crippen LogP contribution is -2.14. The van der Waals surface area contributed by atoms with Crippen LogP contribution in [0.2, 0.25) is 5.02 Å². The van der Waals surface area contributed by atoms with Crippen molar-refractivity contribution < 1.29 is 23.7 Å². The van der Waals surface area contributed by atoms with E-state index >= 15 is 0 Å². The van der Waals surface area contributed by atoms with Crippen molar-refractivity contribution in [3.8, 4) is 17.2 Å². The molecule has 0 N–H and O–H groups in total. The van der Waals surface area contributed by atoms with Crippen LogP contribution < -0.4 is 14.2 Å². The fourth-order valence-corrected chi connectivity index (χ4v) is 2.66. The van der Waals surface area contributed by atoms with Crippen molar-refractivity contribution in [2.24, 2.45) is 0 Å². The Kier molecular flexibility index (Phi) is 4.69. The molecule has 5 nitrogen and oxygen atoms in total. The molecule has 2 aromatic rings. The minimum atomic E-state index is 0.200. The monoisotopic (exact) mass is 334 g/mol. The minimum absolute atomic E-state index is 0.200. The van der Waals surface area contributed by atoms with E-state index in [1.54, 1.807) is 31.4 Å². The first-order chi connectivity index (χ1) is 11.2. The standard InChI is InChI=1S/C17H15ClO5/c1-20-15-3-2-11(7-19)4-16(15)22-9-13-6-14(18)5-12-8-21-10-23-17(12)13/h2-7H,8-10H2,1H3. The number of aldehydes is 1. The number of carbonyl (C=O) groups is 1. The molecule has 120 valence electrons. The van der Waals surface area contributed by atoms with E-state index < -0.39 is 0 Å². The topological polar surface area (TPSA) is 54.0 Å². The molecule has 1 aliphatic rings. The number of carbonyl (C=O) groups excluding carboxylic acids is 1. The highest BCUT2D eigenvalue weighted by Crippen LogP contribution is 2.34. The maximum Gasteiger partial charge on any atom is 0.189 e. The van der Waals surface area contributed by atoms with Crippen LogP contribution >= 0.6 is 11.6 Å². The molecule has 0 aliphatic carbocycles. The predicted octanol–water partition coefficient (Wildman–Crippen LogP) is 3.61. The Labute approximate surface area is 138 Å². The first-order valence-corrected chi connectivity index (χ1v) is 7.37. The van der Waals surface area contributed by atoms with E-state index in [0.717, 1.165) is 23.2 Å². The van der Waals surface area contributed by atoms with E-state index in [9.17, 15) is 4.79 Å². The molecule has 0 saturated heterocycles. The largest absolute Gasteiger partial charge is 0.493 e. The van der Waals surface area contributed by atoms with E-state index in [1.807, 2.05) is 6.07 Å². The van der Waals surface area contributed by atoms with Gasteiger partial charge in [-0.3, -0.25) is 4.79 Å². The van der Waals surface area contributed by atoms with Crippen molar-refractivity contribution in [2.45, 2.75) is 13.2 Å². The van der Waals surface area contributed by atoms with Gasteiger partial charge in [0.15, 0.2) is 18.3 Å². The van der Waals surface area contributed by atoms with E-state index in [4.69, 9.17) is 30.5 Å². The Morgan fingerprint density at radius 3 is 2.91 bits per heavy atom. The Balaban J connectivity index is 1.86. The van der Waals surface area contributed by atoms with Gasteiger partial charge < -0.3 is 18.9 Å². The lowest BCUT2D eigenvalue weighted by molar-refractivity contribution is -0.0175. The zero-order valence-electron chi connectivity index (χ0n) is 12.5. The van der Waals surface area contributed by atoms with E-state index in [2.05, 4.69) is 0 Å². The van der Waals surface area contributed by atoms with Gasteiger partial charge in [0.1, 0.15) is 18.6 Å². The van der Waals surface area contributed by atoms with Gasteiger partial charge in [-0.2, -0.15) is 0 Å². The SMILES string of the molecule is COc1ccc(C=O)cc1OCc1cc(Cl)cc2c1OCOC2. The minimum Gasteiger partial charge on any atom is -0.493 e. The van der Waals surface area contributed by atoms with E-state index in [1.165, 1.54) is 0 Å². The summed E-state index contributed by atoms with van der Waals surface area (Å²) in [7, 11) is 1.55. The third-order valence-corrected chi connectivity index (χ3v) is 3.68. The van der Waals surface area contributed by atoms with Gasteiger partial charge in [0.2, 0.25) is 0 Å². The summed E-state index contributed by atoms with van der Waals surface area (Å²) in [4.78, 5) is 10.9. The molecule has 6 heteroatoms. The third-order valence-electron chi connectivity index (χ3n) is 3.46. The fraction of sp³-hybridized carbons (Fsp3) is 0.235. The summed E-state index contributed by atoms with van der Waals surface area (Å²) in [5, 5.41) is 0.588. The first kappa shape index (κ1) is 15.6. The van der Waals surface area contributed by atoms with Crippen LogP contribution in [0, 0.1) is 0 Å². The molecule has 2 aromatic carbocycles. The Bertz CT molecular complexity index is 729. The number of ether oxygens (including phenoxy) is 4. The third kappa shape index (κ3) is 3.41. The van der Waals surface area contributed by atoms with Gasteiger partial charge in [0, 0.05) is 21.7 Å². The molecule has 0 bridgehead atoms. The molecule has 1 heterocycles. The van der Waals surface area contributed by atoms with Gasteiger partial charge in [0.05, 0.1) is 13.7 Å². The first-order valence-electron chi connectivity index (χ1n) is 6.99. The molecule has 0 fully saturated rings. The Hall–Kier alpha value is -2.24. The second-order valence-electron chi connectivity index (χ2n) is 4.98. The van der Waals surface area contributed by atoms with Crippen LogP contribution in [0.1, 0.15) is 21.5 Å². The molecule has 0 atom stereocenters. The zero-order chi connectivity index (χ0) is 16.2. The summed E-state index contributed by atoms with van der Waals surface area (Å²) in [6.07, 6.45) is 0.758. The number of halogens is 1. The smallest absolute Gasteiger partial charge is 0.189 e. The van der Waals surface area contributed by atoms with Crippen molar-refractivity contribution in [3.63, 3.8) is 0 Å². The van der Waals surface area contributed by atoms with Crippen molar-refractivity contribution >= 4 is 17.9 Å². The molecule has 0 unspecified atom stereocenters. The molecule has 23 heavy (non-hydrogen) atoms. The molecule has 0 spiro atoms. The summed E-state index contributed by atoms with van der Waals surface area (Å²) >= 11 is 6.13. The van der Waals surface area contributed by atoms with Crippen molar-refractivity contribution in [1.29, 1.82) is 0 Å². The van der Waals surface area contributed by atoms with Crippen LogP contribution in [0.3, 0.4) is 0 Å². The number of methoxy groups -OCH3 is 1. The molecule has 3 rings (SSSR count). The van der Waals surface area contributed by atoms with Crippen molar-refractivity contribution in [2.75, 3.05) is 13.9 Å². The van der Waals surface area contributed by atoms with Crippen LogP contribution in [0.15, 0.2) is 30.3 Å². The maximum absolute atomic E-state index is 10.9. The highest BCUT2D eigenvalue weighted by Gasteiger charge is 2.17. The van der Waals surface area contributed by atoms with E-state index in [0.29, 0.717) is 28.7 Å². The average Bonchev–Trinajstić information content (AvgIpc) is 2.59. The lowest BCUT2D eigenvalue weighted by Gasteiger charge is -2.21. The summed E-state index contributed by atoms with van der Waals surface area (Å²) < 4.78 is 21.9. The molecule has 0 aromatic heterocycles. The molecule has 0 amide bonds. The molecule has 1 aliphatic heterocycles. The van der Waals surface area contributed by atoms with Gasteiger partial charge in [-0.1, -0.05) is 11.6 Å².